The number of fused-ring (bicyclic) bond motifs is 1. The van der Waals surface area contributed by atoms with Gasteiger partial charge in [0.2, 0.25) is 5.91 Å². The van der Waals surface area contributed by atoms with Crippen molar-refractivity contribution in [2.75, 3.05) is 13.2 Å². The first-order valence-electron chi connectivity index (χ1n) is 5.20. The molecule has 2 aromatic heterocycles. The zero-order valence-electron chi connectivity index (χ0n) is 9.06. The van der Waals surface area contributed by atoms with Crippen LogP contribution in [0.25, 0.3) is 5.65 Å². The Hall–Kier alpha value is -1.59. The van der Waals surface area contributed by atoms with Gasteiger partial charge in [0, 0.05) is 18.9 Å². The van der Waals surface area contributed by atoms with E-state index >= 15 is 0 Å². The van der Waals surface area contributed by atoms with Gasteiger partial charge in [-0.1, -0.05) is 11.6 Å². The van der Waals surface area contributed by atoms with Crippen LogP contribution in [0.4, 0.5) is 0 Å². The Labute approximate surface area is 103 Å². The zero-order chi connectivity index (χ0) is 12.3. The maximum atomic E-state index is 11.4. The third-order valence-corrected chi connectivity index (χ3v) is 2.46. The third kappa shape index (κ3) is 2.95. The van der Waals surface area contributed by atoms with Gasteiger partial charge in [0.15, 0.2) is 0 Å². The average molecular weight is 254 g/mol. The average Bonchev–Trinajstić information content (AvgIpc) is 2.67. The maximum absolute atomic E-state index is 11.4. The number of pyridine rings is 1. The van der Waals surface area contributed by atoms with E-state index in [2.05, 4.69) is 10.3 Å². The normalized spacial score (nSPS) is 10.7. The predicted molar refractivity (Wildman–Crippen MR) is 64.0 cm³/mol. The van der Waals surface area contributed by atoms with Crippen molar-refractivity contribution in [3.8, 4) is 0 Å². The van der Waals surface area contributed by atoms with Gasteiger partial charge in [-0.05, 0) is 12.1 Å². The number of hydrogen-bond donors (Lipinski definition) is 2. The van der Waals surface area contributed by atoms with Crippen molar-refractivity contribution in [1.29, 1.82) is 0 Å². The fraction of sp³-hybridized carbons (Fsp3) is 0.273. The minimum Gasteiger partial charge on any atom is -0.395 e. The molecule has 0 unspecified atom stereocenters. The number of halogens is 1. The SMILES string of the molecule is O=C(Cc1cn2cc(Cl)ccc2n1)NCCO. The highest BCUT2D eigenvalue weighted by molar-refractivity contribution is 6.30. The lowest BCUT2D eigenvalue weighted by Crippen LogP contribution is -2.27. The fourth-order valence-electron chi connectivity index (χ4n) is 1.52. The first kappa shape index (κ1) is 11.9. The summed E-state index contributed by atoms with van der Waals surface area (Å²) in [6.07, 6.45) is 3.69. The lowest BCUT2D eigenvalue weighted by Gasteiger charge is -1.99. The van der Waals surface area contributed by atoms with E-state index in [9.17, 15) is 4.79 Å². The van der Waals surface area contributed by atoms with Crippen molar-refractivity contribution < 1.29 is 9.90 Å². The van der Waals surface area contributed by atoms with Gasteiger partial charge in [-0.15, -0.1) is 0 Å². The molecule has 0 aliphatic carbocycles. The van der Waals surface area contributed by atoms with Gasteiger partial charge in [0.05, 0.1) is 23.7 Å². The second kappa shape index (κ2) is 5.16. The number of nitrogens with one attached hydrogen (secondary N) is 1. The number of carbonyl (C=O) groups excluding carboxylic acids is 1. The molecule has 6 heteroatoms. The second-order valence-electron chi connectivity index (χ2n) is 3.60. The summed E-state index contributed by atoms with van der Waals surface area (Å²) in [4.78, 5) is 15.7. The fourth-order valence-corrected chi connectivity index (χ4v) is 1.69. The Bertz CT molecular complexity index is 538. The van der Waals surface area contributed by atoms with E-state index in [4.69, 9.17) is 16.7 Å². The number of hydrogen-bond acceptors (Lipinski definition) is 3. The smallest absolute Gasteiger partial charge is 0.226 e. The van der Waals surface area contributed by atoms with E-state index < -0.39 is 0 Å². The summed E-state index contributed by atoms with van der Waals surface area (Å²) in [5, 5.41) is 11.8. The van der Waals surface area contributed by atoms with Crippen LogP contribution in [0.3, 0.4) is 0 Å². The summed E-state index contributed by atoms with van der Waals surface area (Å²) in [5.74, 6) is -0.159. The summed E-state index contributed by atoms with van der Waals surface area (Å²) < 4.78 is 1.77. The van der Waals surface area contributed by atoms with E-state index in [0.717, 1.165) is 5.65 Å². The molecule has 0 saturated carbocycles. The predicted octanol–water partition coefficient (Wildman–Crippen LogP) is 0.639. The maximum Gasteiger partial charge on any atom is 0.226 e. The topological polar surface area (TPSA) is 66.6 Å². The Kier molecular flexibility index (Phi) is 3.61. The molecule has 0 aliphatic rings. The van der Waals surface area contributed by atoms with E-state index in [1.165, 1.54) is 0 Å². The molecule has 0 saturated heterocycles. The van der Waals surface area contributed by atoms with Gasteiger partial charge in [-0.2, -0.15) is 0 Å². The van der Waals surface area contributed by atoms with Crippen LogP contribution in [0.5, 0.6) is 0 Å². The molecule has 2 heterocycles. The number of rotatable bonds is 4. The van der Waals surface area contributed by atoms with Crippen molar-refractivity contribution in [1.82, 2.24) is 14.7 Å². The summed E-state index contributed by atoms with van der Waals surface area (Å²) in [7, 11) is 0. The summed E-state index contributed by atoms with van der Waals surface area (Å²) >= 11 is 5.85. The molecule has 0 radical (unpaired) electrons. The highest BCUT2D eigenvalue weighted by Crippen LogP contribution is 2.11. The molecule has 90 valence electrons. The van der Waals surface area contributed by atoms with Crippen LogP contribution < -0.4 is 5.32 Å². The van der Waals surface area contributed by atoms with Crippen LogP contribution in [0, 0.1) is 0 Å². The van der Waals surface area contributed by atoms with Crippen molar-refractivity contribution in [2.24, 2.45) is 0 Å². The molecule has 1 amide bonds. The van der Waals surface area contributed by atoms with Crippen LogP contribution in [0.15, 0.2) is 24.5 Å². The number of nitrogens with zero attached hydrogens (tertiary/aromatic N) is 2. The van der Waals surface area contributed by atoms with Gasteiger partial charge < -0.3 is 14.8 Å². The highest BCUT2D eigenvalue weighted by Gasteiger charge is 2.07. The zero-order valence-corrected chi connectivity index (χ0v) is 9.81. The molecule has 0 spiro atoms. The molecule has 0 aliphatic heterocycles. The van der Waals surface area contributed by atoms with Gasteiger partial charge in [0.1, 0.15) is 5.65 Å². The number of aromatic nitrogens is 2. The van der Waals surface area contributed by atoms with Crippen LogP contribution in [0.2, 0.25) is 5.02 Å². The molecule has 0 aromatic carbocycles. The molecule has 2 N–H and O–H groups in total. The molecule has 5 nitrogen and oxygen atoms in total. The summed E-state index contributed by atoms with van der Waals surface area (Å²) in [5.41, 5.74) is 1.42. The Morgan fingerprint density at radius 3 is 3.06 bits per heavy atom. The van der Waals surface area contributed by atoms with Gasteiger partial charge >= 0.3 is 0 Å². The lowest BCUT2D eigenvalue weighted by molar-refractivity contribution is -0.120. The number of aliphatic hydroxyl groups is 1. The van der Waals surface area contributed by atoms with Crippen molar-refractivity contribution in [2.45, 2.75) is 6.42 Å². The van der Waals surface area contributed by atoms with Crippen LogP contribution in [-0.4, -0.2) is 33.6 Å². The Morgan fingerprint density at radius 2 is 2.29 bits per heavy atom. The number of imidazole rings is 1. The quantitative estimate of drug-likeness (QED) is 0.840. The van der Waals surface area contributed by atoms with Crippen molar-refractivity contribution in [3.05, 3.63) is 35.2 Å². The number of aliphatic hydroxyl groups excluding tert-OH is 1. The number of carbonyl (C=O) groups is 1. The second-order valence-corrected chi connectivity index (χ2v) is 4.03. The molecule has 0 atom stereocenters. The number of amides is 1. The monoisotopic (exact) mass is 253 g/mol. The van der Waals surface area contributed by atoms with Crippen molar-refractivity contribution in [3.63, 3.8) is 0 Å². The van der Waals surface area contributed by atoms with Crippen LogP contribution in [-0.2, 0) is 11.2 Å². The van der Waals surface area contributed by atoms with E-state index in [1.807, 2.05) is 0 Å². The van der Waals surface area contributed by atoms with Crippen molar-refractivity contribution >= 4 is 23.2 Å². The molecular formula is C11H12ClN3O2. The largest absolute Gasteiger partial charge is 0.395 e. The molecular weight excluding hydrogens is 242 g/mol. The highest BCUT2D eigenvalue weighted by atomic mass is 35.5. The van der Waals surface area contributed by atoms with Crippen LogP contribution in [0.1, 0.15) is 5.69 Å². The summed E-state index contributed by atoms with van der Waals surface area (Å²) in [6, 6.07) is 3.54. The molecule has 2 rings (SSSR count). The Morgan fingerprint density at radius 1 is 1.47 bits per heavy atom. The minimum absolute atomic E-state index is 0.0630. The van der Waals surface area contributed by atoms with E-state index in [1.54, 1.807) is 28.9 Å². The van der Waals surface area contributed by atoms with Gasteiger partial charge in [-0.3, -0.25) is 4.79 Å². The Balaban J connectivity index is 2.11. The minimum atomic E-state index is -0.159. The molecule has 17 heavy (non-hydrogen) atoms. The van der Waals surface area contributed by atoms with E-state index in [-0.39, 0.29) is 25.5 Å². The third-order valence-electron chi connectivity index (χ3n) is 2.24. The first-order valence-corrected chi connectivity index (χ1v) is 5.57. The molecule has 2 aromatic rings. The van der Waals surface area contributed by atoms with Crippen LogP contribution >= 0.6 is 11.6 Å². The summed E-state index contributed by atoms with van der Waals surface area (Å²) in [6.45, 7) is 0.199. The lowest BCUT2D eigenvalue weighted by atomic mass is 10.3. The molecule has 0 bridgehead atoms. The molecule has 0 fully saturated rings. The first-order chi connectivity index (χ1) is 8.19. The standard InChI is InChI=1S/C11H12ClN3O2/c12-8-1-2-10-14-9(7-15(10)6-8)5-11(17)13-3-4-16/h1-2,6-7,16H,3-5H2,(H,13,17). The van der Waals surface area contributed by atoms with E-state index in [0.29, 0.717) is 10.7 Å². The van der Waals surface area contributed by atoms with Gasteiger partial charge in [0.25, 0.3) is 0 Å². The van der Waals surface area contributed by atoms with Gasteiger partial charge in [-0.25, -0.2) is 4.98 Å².